The van der Waals surface area contributed by atoms with Crippen molar-refractivity contribution in [1.82, 2.24) is 9.97 Å². The maximum absolute atomic E-state index is 9.00. The number of nitrogens with zero attached hydrogens (tertiary/aromatic N) is 4. The van der Waals surface area contributed by atoms with Gasteiger partial charge in [-0.1, -0.05) is 24.3 Å². The molecule has 0 spiro atoms. The molecular formula is C25H22N4. The molecule has 1 heterocycles. The summed E-state index contributed by atoms with van der Waals surface area (Å²) >= 11 is 0. The van der Waals surface area contributed by atoms with Crippen LogP contribution in [0.4, 0.5) is 0 Å². The van der Waals surface area contributed by atoms with E-state index >= 15 is 0 Å². The monoisotopic (exact) mass is 378 g/mol. The van der Waals surface area contributed by atoms with Gasteiger partial charge in [-0.15, -0.1) is 0 Å². The lowest BCUT2D eigenvalue weighted by atomic mass is 9.95. The van der Waals surface area contributed by atoms with E-state index < -0.39 is 0 Å². The number of rotatable bonds is 5. The van der Waals surface area contributed by atoms with E-state index in [9.17, 15) is 0 Å². The van der Waals surface area contributed by atoms with Gasteiger partial charge in [-0.25, -0.2) is 9.97 Å². The molecule has 0 saturated heterocycles. The van der Waals surface area contributed by atoms with Gasteiger partial charge in [-0.2, -0.15) is 10.5 Å². The van der Waals surface area contributed by atoms with E-state index in [0.717, 1.165) is 29.1 Å². The van der Waals surface area contributed by atoms with Crippen LogP contribution >= 0.6 is 0 Å². The lowest BCUT2D eigenvalue weighted by Gasteiger charge is -2.12. The van der Waals surface area contributed by atoms with Crippen molar-refractivity contribution in [3.63, 3.8) is 0 Å². The molecule has 0 aliphatic heterocycles. The smallest absolute Gasteiger partial charge is 0.132 e. The second-order valence-corrected chi connectivity index (χ2v) is 7.20. The molecule has 0 amide bonds. The summed E-state index contributed by atoms with van der Waals surface area (Å²) in [4.78, 5) is 9.15. The Morgan fingerprint density at radius 3 is 2.31 bits per heavy atom. The zero-order valence-electron chi connectivity index (χ0n) is 16.9. The summed E-state index contributed by atoms with van der Waals surface area (Å²) in [6.45, 7) is 6.01. The van der Waals surface area contributed by atoms with E-state index in [-0.39, 0.29) is 0 Å². The highest BCUT2D eigenvalue weighted by atomic mass is 14.9. The summed E-state index contributed by atoms with van der Waals surface area (Å²) in [6.07, 6.45) is 5.08. The molecule has 0 N–H and O–H groups in total. The van der Waals surface area contributed by atoms with E-state index in [1.807, 2.05) is 43.3 Å². The van der Waals surface area contributed by atoms with Crippen LogP contribution in [0.1, 0.15) is 51.8 Å². The highest BCUT2D eigenvalue weighted by molar-refractivity contribution is 5.59. The zero-order chi connectivity index (χ0) is 20.8. The Labute approximate surface area is 171 Å². The molecule has 0 atom stereocenters. The van der Waals surface area contributed by atoms with Crippen molar-refractivity contribution >= 4 is 6.08 Å². The van der Waals surface area contributed by atoms with Crippen molar-refractivity contribution in [2.75, 3.05) is 0 Å². The molecule has 3 aromatic rings. The van der Waals surface area contributed by atoms with E-state index in [1.54, 1.807) is 6.20 Å². The second kappa shape index (κ2) is 8.95. The maximum atomic E-state index is 9.00. The Kier molecular flexibility index (Phi) is 6.17. The molecule has 0 bridgehead atoms. The SMILES string of the molecule is C/C(C#N)=C/c1cc(C)c(Cc2ccnc(Cc3ccc(C#N)cc3)n2)c(C)c1. The molecule has 0 aliphatic carbocycles. The van der Waals surface area contributed by atoms with Crippen molar-refractivity contribution in [2.24, 2.45) is 0 Å². The van der Waals surface area contributed by atoms with Gasteiger partial charge >= 0.3 is 0 Å². The second-order valence-electron chi connectivity index (χ2n) is 7.20. The number of hydrogen-bond donors (Lipinski definition) is 0. The fourth-order valence-corrected chi connectivity index (χ4v) is 3.36. The summed E-state index contributed by atoms with van der Waals surface area (Å²) in [7, 11) is 0. The third-order valence-corrected chi connectivity index (χ3v) is 4.84. The van der Waals surface area contributed by atoms with Crippen LogP contribution in [0.3, 0.4) is 0 Å². The van der Waals surface area contributed by atoms with Crippen molar-refractivity contribution in [1.29, 1.82) is 10.5 Å². The van der Waals surface area contributed by atoms with Gasteiger partial charge in [-0.3, -0.25) is 0 Å². The minimum atomic E-state index is 0.634. The molecule has 0 saturated carbocycles. The molecule has 4 nitrogen and oxygen atoms in total. The summed E-state index contributed by atoms with van der Waals surface area (Å²) in [5.41, 5.74) is 8.08. The average molecular weight is 378 g/mol. The maximum Gasteiger partial charge on any atom is 0.132 e. The van der Waals surface area contributed by atoms with Crippen LogP contribution in [0.2, 0.25) is 0 Å². The third kappa shape index (κ3) is 5.15. The van der Waals surface area contributed by atoms with E-state index in [2.05, 4.69) is 43.1 Å². The summed E-state index contributed by atoms with van der Waals surface area (Å²) in [5, 5.41) is 17.9. The van der Waals surface area contributed by atoms with Gasteiger partial charge in [0.2, 0.25) is 0 Å². The lowest BCUT2D eigenvalue weighted by Crippen LogP contribution is -2.03. The normalized spacial score (nSPS) is 11.0. The number of aromatic nitrogens is 2. The Morgan fingerprint density at radius 1 is 1.00 bits per heavy atom. The van der Waals surface area contributed by atoms with Gasteiger partial charge in [0, 0.05) is 30.3 Å². The summed E-state index contributed by atoms with van der Waals surface area (Å²) in [6, 6.07) is 18.0. The molecule has 3 rings (SSSR count). The standard InChI is InChI=1S/C25H22N4/c1-17(15-26)10-22-11-18(2)24(19(3)12-22)14-23-8-9-28-25(29-23)13-20-4-6-21(16-27)7-5-20/h4-12H,13-14H2,1-3H3/b17-10-. The van der Waals surface area contributed by atoms with E-state index in [1.165, 1.54) is 16.7 Å². The minimum Gasteiger partial charge on any atom is -0.241 e. The first-order chi connectivity index (χ1) is 14.0. The van der Waals surface area contributed by atoms with Gasteiger partial charge in [0.05, 0.1) is 17.7 Å². The first kappa shape index (κ1) is 20.0. The van der Waals surface area contributed by atoms with Gasteiger partial charge in [0.15, 0.2) is 0 Å². The summed E-state index contributed by atoms with van der Waals surface area (Å²) < 4.78 is 0. The van der Waals surface area contributed by atoms with Crippen molar-refractivity contribution in [2.45, 2.75) is 33.6 Å². The minimum absolute atomic E-state index is 0.634. The lowest BCUT2D eigenvalue weighted by molar-refractivity contribution is 0.912. The Balaban J connectivity index is 1.81. The number of allylic oxidation sites excluding steroid dienone is 1. The van der Waals surface area contributed by atoms with E-state index in [4.69, 9.17) is 15.5 Å². The molecule has 0 radical (unpaired) electrons. The Morgan fingerprint density at radius 2 is 1.69 bits per heavy atom. The zero-order valence-corrected chi connectivity index (χ0v) is 16.9. The fraction of sp³-hybridized carbons (Fsp3) is 0.200. The Bertz CT molecular complexity index is 1120. The van der Waals surface area contributed by atoms with Crippen LogP contribution < -0.4 is 0 Å². The highest BCUT2D eigenvalue weighted by Gasteiger charge is 2.09. The van der Waals surface area contributed by atoms with Crippen molar-refractivity contribution in [3.8, 4) is 12.1 Å². The molecule has 2 aromatic carbocycles. The first-order valence-electron chi connectivity index (χ1n) is 9.47. The average Bonchev–Trinajstić information content (AvgIpc) is 2.71. The van der Waals surface area contributed by atoms with Crippen LogP contribution in [0.5, 0.6) is 0 Å². The van der Waals surface area contributed by atoms with Gasteiger partial charge < -0.3 is 0 Å². The third-order valence-electron chi connectivity index (χ3n) is 4.84. The molecule has 0 aliphatic rings. The molecule has 29 heavy (non-hydrogen) atoms. The van der Waals surface area contributed by atoms with Gasteiger partial charge in [-0.05, 0) is 72.9 Å². The number of aryl methyl sites for hydroxylation is 2. The van der Waals surface area contributed by atoms with Crippen LogP contribution in [0, 0.1) is 36.5 Å². The summed E-state index contributed by atoms with van der Waals surface area (Å²) in [5.74, 6) is 0.770. The van der Waals surface area contributed by atoms with Crippen molar-refractivity contribution in [3.05, 3.63) is 99.1 Å². The van der Waals surface area contributed by atoms with Crippen molar-refractivity contribution < 1.29 is 0 Å². The van der Waals surface area contributed by atoms with E-state index in [0.29, 0.717) is 17.6 Å². The number of hydrogen-bond acceptors (Lipinski definition) is 4. The largest absolute Gasteiger partial charge is 0.241 e. The van der Waals surface area contributed by atoms with Crippen LogP contribution in [0.15, 0.2) is 54.2 Å². The molecule has 0 fully saturated rings. The number of benzene rings is 2. The van der Waals surface area contributed by atoms with Crippen LogP contribution in [-0.2, 0) is 12.8 Å². The van der Waals surface area contributed by atoms with Crippen LogP contribution in [0.25, 0.3) is 6.08 Å². The van der Waals surface area contributed by atoms with Gasteiger partial charge in [0.1, 0.15) is 5.82 Å². The quantitative estimate of drug-likeness (QED) is 0.581. The van der Waals surface area contributed by atoms with Gasteiger partial charge in [0.25, 0.3) is 0 Å². The highest BCUT2D eigenvalue weighted by Crippen LogP contribution is 2.21. The number of nitriles is 2. The topological polar surface area (TPSA) is 73.4 Å². The predicted molar refractivity (Wildman–Crippen MR) is 114 cm³/mol. The first-order valence-corrected chi connectivity index (χ1v) is 9.47. The van der Waals surface area contributed by atoms with Crippen LogP contribution in [-0.4, -0.2) is 9.97 Å². The molecule has 1 aromatic heterocycles. The molecule has 142 valence electrons. The predicted octanol–water partition coefficient (Wildman–Crippen LogP) is 5.07. The molecule has 0 unspecified atom stereocenters. The Hall–Kier alpha value is -3.76. The molecular weight excluding hydrogens is 356 g/mol. The molecule has 4 heteroatoms. The fourth-order valence-electron chi connectivity index (χ4n) is 3.36.